The number of hydrogen-bond acceptors (Lipinski definition) is 6. The Morgan fingerprint density at radius 3 is 1.74 bits per heavy atom. The number of thiophene rings is 2. The number of pyridine rings is 1. The summed E-state index contributed by atoms with van der Waals surface area (Å²) in [6.07, 6.45) is 0. The molecule has 4 heterocycles. The fraction of sp³-hybridized carbons (Fsp3) is 0. The lowest BCUT2D eigenvalue weighted by molar-refractivity contribution is 1.08. The topological polar surface area (TPSA) is 51.6 Å². The molecule has 0 bridgehead atoms. The third-order valence-electron chi connectivity index (χ3n) is 10.1. The van der Waals surface area contributed by atoms with Crippen molar-refractivity contribution in [3.63, 3.8) is 0 Å². The van der Waals surface area contributed by atoms with Gasteiger partial charge in [-0.25, -0.2) is 19.9 Å². The zero-order valence-electron chi connectivity index (χ0n) is 28.8. The van der Waals surface area contributed by atoms with Crippen LogP contribution in [0.2, 0.25) is 0 Å². The molecular formula is C48H28N4S2. The van der Waals surface area contributed by atoms with Gasteiger partial charge in [-0.15, -0.1) is 22.7 Å². The standard InChI is InChI=1S/C48H28N4S2/c1-2-12-29(13-3-1)32-14-10-15-33(28-32)47-50-46(51-48(52-47)38-20-11-19-35-34-16-5-8-22-40(34)53-44(35)38)31-26-24-30(25-27-31)43-45-42(36-17-4-7-21-39(36)49-43)37-18-6-9-23-41(37)54-45/h1-28H. The van der Waals surface area contributed by atoms with Crippen molar-refractivity contribution in [1.82, 2.24) is 19.9 Å². The maximum atomic E-state index is 5.23. The Kier molecular flexibility index (Phi) is 7.18. The smallest absolute Gasteiger partial charge is 0.165 e. The van der Waals surface area contributed by atoms with Crippen LogP contribution in [0.3, 0.4) is 0 Å². The highest BCUT2D eigenvalue weighted by Crippen LogP contribution is 2.43. The first-order valence-corrected chi connectivity index (χ1v) is 19.5. The summed E-state index contributed by atoms with van der Waals surface area (Å²) in [5.41, 5.74) is 8.16. The van der Waals surface area contributed by atoms with Crippen molar-refractivity contribution in [1.29, 1.82) is 0 Å². The number of hydrogen-bond donors (Lipinski definition) is 0. The lowest BCUT2D eigenvalue weighted by Crippen LogP contribution is -2.00. The number of aromatic nitrogens is 4. The molecule has 54 heavy (non-hydrogen) atoms. The van der Waals surface area contributed by atoms with E-state index in [1.165, 1.54) is 45.7 Å². The van der Waals surface area contributed by atoms with E-state index in [1.54, 1.807) is 22.7 Å². The van der Waals surface area contributed by atoms with Gasteiger partial charge in [0.15, 0.2) is 17.5 Å². The van der Waals surface area contributed by atoms with Gasteiger partial charge in [0.1, 0.15) is 0 Å². The SMILES string of the molecule is c1ccc(-c2cccc(-c3nc(-c4ccc(-c5nc6ccccc6c6c5sc5ccccc56)cc4)nc(-c4cccc5c4sc4ccccc45)n3)c2)cc1. The molecule has 0 saturated carbocycles. The molecule has 0 spiro atoms. The monoisotopic (exact) mass is 724 g/mol. The first-order valence-electron chi connectivity index (χ1n) is 17.9. The van der Waals surface area contributed by atoms with Crippen molar-refractivity contribution in [2.75, 3.05) is 0 Å². The molecule has 0 saturated heterocycles. The largest absolute Gasteiger partial charge is 0.246 e. The molecule has 4 aromatic heterocycles. The van der Waals surface area contributed by atoms with E-state index < -0.39 is 0 Å². The van der Waals surface area contributed by atoms with Gasteiger partial charge in [-0.2, -0.15) is 0 Å². The minimum Gasteiger partial charge on any atom is -0.246 e. The van der Waals surface area contributed by atoms with E-state index in [1.807, 2.05) is 6.07 Å². The van der Waals surface area contributed by atoms with E-state index in [4.69, 9.17) is 19.9 Å². The van der Waals surface area contributed by atoms with Gasteiger partial charge in [0.2, 0.25) is 0 Å². The summed E-state index contributed by atoms with van der Waals surface area (Å²) < 4.78 is 4.88. The molecule has 11 rings (SSSR count). The maximum absolute atomic E-state index is 5.23. The van der Waals surface area contributed by atoms with Crippen LogP contribution in [-0.2, 0) is 0 Å². The zero-order valence-corrected chi connectivity index (χ0v) is 30.4. The second-order valence-electron chi connectivity index (χ2n) is 13.4. The first kappa shape index (κ1) is 31.0. The van der Waals surface area contributed by atoms with Gasteiger partial charge in [0, 0.05) is 63.3 Å². The van der Waals surface area contributed by atoms with Crippen molar-refractivity contribution in [3.8, 4) is 56.5 Å². The van der Waals surface area contributed by atoms with Crippen LogP contribution in [0.25, 0.3) is 108 Å². The lowest BCUT2D eigenvalue weighted by Gasteiger charge is -2.11. The Balaban J connectivity index is 1.08. The molecule has 7 aromatic carbocycles. The van der Waals surface area contributed by atoms with Crippen molar-refractivity contribution in [3.05, 3.63) is 170 Å². The Morgan fingerprint density at radius 1 is 0.333 bits per heavy atom. The fourth-order valence-corrected chi connectivity index (χ4v) is 9.99. The van der Waals surface area contributed by atoms with Crippen LogP contribution < -0.4 is 0 Å². The van der Waals surface area contributed by atoms with E-state index in [2.05, 4.69) is 164 Å². The lowest BCUT2D eigenvalue weighted by atomic mass is 10.0. The molecule has 0 N–H and O–H groups in total. The highest BCUT2D eigenvalue weighted by molar-refractivity contribution is 7.26. The van der Waals surface area contributed by atoms with Crippen LogP contribution in [0.15, 0.2) is 170 Å². The number of fused-ring (bicyclic) bond motifs is 8. The molecule has 0 aliphatic rings. The summed E-state index contributed by atoms with van der Waals surface area (Å²) in [5.74, 6) is 1.92. The van der Waals surface area contributed by atoms with E-state index in [0.717, 1.165) is 44.6 Å². The maximum Gasteiger partial charge on any atom is 0.165 e. The van der Waals surface area contributed by atoms with Gasteiger partial charge in [-0.05, 0) is 41.5 Å². The van der Waals surface area contributed by atoms with Gasteiger partial charge in [-0.1, -0.05) is 140 Å². The third-order valence-corrected chi connectivity index (χ3v) is 12.5. The molecule has 6 heteroatoms. The minimum atomic E-state index is 0.628. The van der Waals surface area contributed by atoms with Crippen molar-refractivity contribution >= 4 is 73.9 Å². The summed E-state index contributed by atoms with van der Waals surface area (Å²) >= 11 is 3.59. The highest BCUT2D eigenvalue weighted by atomic mass is 32.1. The summed E-state index contributed by atoms with van der Waals surface area (Å²) in [6, 6.07) is 59.5. The van der Waals surface area contributed by atoms with Crippen LogP contribution in [0.4, 0.5) is 0 Å². The molecular weight excluding hydrogens is 697 g/mol. The van der Waals surface area contributed by atoms with E-state index in [0.29, 0.717) is 17.5 Å². The molecule has 0 fully saturated rings. The first-order chi connectivity index (χ1) is 26.7. The molecule has 0 radical (unpaired) electrons. The molecule has 252 valence electrons. The van der Waals surface area contributed by atoms with Gasteiger partial charge >= 0.3 is 0 Å². The number of rotatable bonds is 5. The molecule has 11 aromatic rings. The molecule has 4 nitrogen and oxygen atoms in total. The van der Waals surface area contributed by atoms with E-state index in [9.17, 15) is 0 Å². The van der Waals surface area contributed by atoms with Crippen LogP contribution in [0, 0.1) is 0 Å². The summed E-state index contributed by atoms with van der Waals surface area (Å²) in [7, 11) is 0. The van der Waals surface area contributed by atoms with Crippen LogP contribution in [0.5, 0.6) is 0 Å². The molecule has 0 unspecified atom stereocenters. The number of para-hydroxylation sites is 1. The Morgan fingerprint density at radius 2 is 0.907 bits per heavy atom. The van der Waals surface area contributed by atoms with Gasteiger partial charge in [0.05, 0.1) is 15.9 Å². The predicted molar refractivity (Wildman–Crippen MR) is 228 cm³/mol. The second kappa shape index (κ2) is 12.5. The molecule has 0 aliphatic heterocycles. The zero-order chi connectivity index (χ0) is 35.6. The van der Waals surface area contributed by atoms with Crippen LogP contribution in [-0.4, -0.2) is 19.9 Å². The summed E-state index contributed by atoms with van der Waals surface area (Å²) in [4.78, 5) is 20.7. The summed E-state index contributed by atoms with van der Waals surface area (Å²) in [6.45, 7) is 0. The predicted octanol–water partition coefficient (Wildman–Crippen LogP) is 13.5. The average molecular weight is 725 g/mol. The number of benzene rings is 7. The minimum absolute atomic E-state index is 0.628. The summed E-state index contributed by atoms with van der Waals surface area (Å²) in [5, 5.41) is 6.17. The molecule has 0 atom stereocenters. The fourth-order valence-electron chi connectivity index (χ4n) is 7.55. The van der Waals surface area contributed by atoms with Crippen molar-refractivity contribution in [2.45, 2.75) is 0 Å². The van der Waals surface area contributed by atoms with Crippen LogP contribution in [0.1, 0.15) is 0 Å². The van der Waals surface area contributed by atoms with E-state index in [-0.39, 0.29) is 0 Å². The second-order valence-corrected chi connectivity index (χ2v) is 15.5. The molecule has 0 aliphatic carbocycles. The van der Waals surface area contributed by atoms with Crippen LogP contribution >= 0.6 is 22.7 Å². The van der Waals surface area contributed by atoms with E-state index >= 15 is 0 Å². The van der Waals surface area contributed by atoms with Gasteiger partial charge < -0.3 is 0 Å². The third kappa shape index (κ3) is 5.11. The molecule has 0 amide bonds. The normalized spacial score (nSPS) is 11.7. The average Bonchev–Trinajstić information content (AvgIpc) is 3.83. The van der Waals surface area contributed by atoms with Gasteiger partial charge in [0.25, 0.3) is 0 Å². The number of nitrogens with zero attached hydrogens (tertiary/aromatic N) is 4. The quantitative estimate of drug-likeness (QED) is 0.177. The van der Waals surface area contributed by atoms with Gasteiger partial charge in [-0.3, -0.25) is 0 Å². The van der Waals surface area contributed by atoms with Crippen molar-refractivity contribution < 1.29 is 0 Å². The Hall–Kier alpha value is -6.60. The van der Waals surface area contributed by atoms with Crippen molar-refractivity contribution in [2.24, 2.45) is 0 Å². The Labute approximate surface area is 318 Å². The Bertz CT molecular complexity index is 3220. The highest BCUT2D eigenvalue weighted by Gasteiger charge is 2.19.